The highest BCUT2D eigenvalue weighted by Gasteiger charge is 2.23. The van der Waals surface area contributed by atoms with Crippen molar-refractivity contribution in [3.8, 4) is 0 Å². The molecule has 1 aromatic carbocycles. The van der Waals surface area contributed by atoms with Crippen LogP contribution in [0, 0.1) is 0 Å². The standard InChI is InChI=1S/C19H29NO4/c1-16(24-15-18-10-6-7-12-23-18)19(21)20(11-13-22-2)14-17-8-4-3-5-9-17/h3-5,8-9,16,18H,6-7,10-15H2,1-2H3/t16-,18-/m0/s1. The molecule has 0 radical (unpaired) electrons. The number of amides is 1. The number of carbonyl (C=O) groups is 1. The molecule has 0 N–H and O–H groups in total. The average Bonchev–Trinajstić information content (AvgIpc) is 2.64. The number of hydrogen-bond acceptors (Lipinski definition) is 4. The Morgan fingerprint density at radius 2 is 2.12 bits per heavy atom. The number of rotatable bonds is 9. The van der Waals surface area contributed by atoms with Gasteiger partial charge in [-0.25, -0.2) is 0 Å². The van der Waals surface area contributed by atoms with Crippen molar-refractivity contribution in [1.82, 2.24) is 4.90 Å². The van der Waals surface area contributed by atoms with E-state index in [4.69, 9.17) is 14.2 Å². The van der Waals surface area contributed by atoms with Crippen molar-refractivity contribution in [2.45, 2.75) is 44.9 Å². The molecule has 2 atom stereocenters. The van der Waals surface area contributed by atoms with Gasteiger partial charge in [-0.2, -0.15) is 0 Å². The lowest BCUT2D eigenvalue weighted by Gasteiger charge is -2.28. The van der Waals surface area contributed by atoms with E-state index >= 15 is 0 Å². The fourth-order valence-corrected chi connectivity index (χ4v) is 2.79. The van der Waals surface area contributed by atoms with Gasteiger partial charge in [-0.3, -0.25) is 4.79 Å². The van der Waals surface area contributed by atoms with Crippen molar-refractivity contribution in [1.29, 1.82) is 0 Å². The summed E-state index contributed by atoms with van der Waals surface area (Å²) in [4.78, 5) is 14.5. The molecule has 5 heteroatoms. The maximum Gasteiger partial charge on any atom is 0.251 e. The van der Waals surface area contributed by atoms with Crippen LogP contribution < -0.4 is 0 Å². The lowest BCUT2D eigenvalue weighted by atomic mass is 10.1. The number of carbonyl (C=O) groups excluding carboxylic acids is 1. The Labute approximate surface area is 144 Å². The fourth-order valence-electron chi connectivity index (χ4n) is 2.79. The van der Waals surface area contributed by atoms with Gasteiger partial charge in [0.25, 0.3) is 5.91 Å². The molecule has 134 valence electrons. The summed E-state index contributed by atoms with van der Waals surface area (Å²) in [5.74, 6) is -0.00767. The summed E-state index contributed by atoms with van der Waals surface area (Å²) in [6.45, 7) is 4.72. The normalized spacial score (nSPS) is 19.0. The van der Waals surface area contributed by atoms with E-state index in [1.54, 1.807) is 12.0 Å². The van der Waals surface area contributed by atoms with Crippen molar-refractivity contribution >= 4 is 5.91 Å². The van der Waals surface area contributed by atoms with Crippen molar-refractivity contribution in [2.24, 2.45) is 0 Å². The summed E-state index contributed by atoms with van der Waals surface area (Å²) in [5, 5.41) is 0. The molecule has 0 bridgehead atoms. The zero-order chi connectivity index (χ0) is 17.2. The summed E-state index contributed by atoms with van der Waals surface area (Å²) in [6.07, 6.45) is 2.95. The first-order valence-electron chi connectivity index (χ1n) is 8.75. The number of nitrogens with zero attached hydrogens (tertiary/aromatic N) is 1. The minimum atomic E-state index is -0.476. The zero-order valence-electron chi connectivity index (χ0n) is 14.8. The number of hydrogen-bond donors (Lipinski definition) is 0. The van der Waals surface area contributed by atoms with Crippen LogP contribution in [0.15, 0.2) is 30.3 Å². The third-order valence-corrected chi connectivity index (χ3v) is 4.25. The Morgan fingerprint density at radius 1 is 1.33 bits per heavy atom. The first-order chi connectivity index (χ1) is 11.7. The minimum Gasteiger partial charge on any atom is -0.383 e. The molecule has 1 aliphatic rings. The highest BCUT2D eigenvalue weighted by atomic mass is 16.5. The predicted octanol–water partition coefficient (Wildman–Crippen LogP) is 2.64. The van der Waals surface area contributed by atoms with Gasteiger partial charge < -0.3 is 19.1 Å². The van der Waals surface area contributed by atoms with Gasteiger partial charge in [0.15, 0.2) is 0 Å². The van der Waals surface area contributed by atoms with Crippen LogP contribution in [0.5, 0.6) is 0 Å². The third-order valence-electron chi connectivity index (χ3n) is 4.25. The van der Waals surface area contributed by atoms with E-state index in [1.807, 2.05) is 37.3 Å². The van der Waals surface area contributed by atoms with E-state index in [0.29, 0.717) is 26.3 Å². The first kappa shape index (κ1) is 18.9. The highest BCUT2D eigenvalue weighted by molar-refractivity contribution is 5.80. The smallest absolute Gasteiger partial charge is 0.251 e. The van der Waals surface area contributed by atoms with Crippen LogP contribution in [0.3, 0.4) is 0 Å². The summed E-state index contributed by atoms with van der Waals surface area (Å²) < 4.78 is 16.6. The van der Waals surface area contributed by atoms with E-state index in [0.717, 1.165) is 25.0 Å². The first-order valence-corrected chi connectivity index (χ1v) is 8.75. The minimum absolute atomic E-state index is 0.00767. The van der Waals surface area contributed by atoms with Crippen molar-refractivity contribution in [3.05, 3.63) is 35.9 Å². The molecular weight excluding hydrogens is 306 g/mol. The molecule has 1 aliphatic heterocycles. The lowest BCUT2D eigenvalue weighted by Crippen LogP contribution is -2.41. The molecular formula is C19H29NO4. The molecule has 2 rings (SSSR count). The van der Waals surface area contributed by atoms with Gasteiger partial charge in [-0.15, -0.1) is 0 Å². The monoisotopic (exact) mass is 335 g/mol. The second-order valence-electron chi connectivity index (χ2n) is 6.20. The maximum absolute atomic E-state index is 12.7. The molecule has 24 heavy (non-hydrogen) atoms. The quantitative estimate of drug-likeness (QED) is 0.696. The van der Waals surface area contributed by atoms with Crippen LogP contribution in [0.2, 0.25) is 0 Å². The molecule has 0 unspecified atom stereocenters. The molecule has 1 aromatic rings. The molecule has 1 fully saturated rings. The molecule has 5 nitrogen and oxygen atoms in total. The third kappa shape index (κ3) is 6.23. The Bertz CT molecular complexity index is 474. The highest BCUT2D eigenvalue weighted by Crippen LogP contribution is 2.14. The lowest BCUT2D eigenvalue weighted by molar-refractivity contribution is -0.147. The van der Waals surface area contributed by atoms with Gasteiger partial charge in [-0.05, 0) is 31.7 Å². The van der Waals surface area contributed by atoms with Crippen LogP contribution in [-0.4, -0.2) is 56.5 Å². The van der Waals surface area contributed by atoms with Crippen LogP contribution in [0.25, 0.3) is 0 Å². The number of methoxy groups -OCH3 is 1. The largest absolute Gasteiger partial charge is 0.383 e. The zero-order valence-corrected chi connectivity index (χ0v) is 14.8. The fraction of sp³-hybridized carbons (Fsp3) is 0.632. The van der Waals surface area contributed by atoms with Crippen LogP contribution in [-0.2, 0) is 25.5 Å². The molecule has 1 saturated heterocycles. The van der Waals surface area contributed by atoms with Crippen molar-refractivity contribution in [3.63, 3.8) is 0 Å². The summed E-state index contributed by atoms with van der Waals surface area (Å²) in [7, 11) is 1.64. The van der Waals surface area contributed by atoms with E-state index < -0.39 is 6.10 Å². The van der Waals surface area contributed by atoms with Gasteiger partial charge in [0, 0.05) is 26.8 Å². The Hall–Kier alpha value is -1.43. The topological polar surface area (TPSA) is 48.0 Å². The van der Waals surface area contributed by atoms with Crippen molar-refractivity contribution in [2.75, 3.05) is 33.5 Å². The molecule has 1 heterocycles. The van der Waals surface area contributed by atoms with Gasteiger partial charge in [0.2, 0.25) is 0 Å². The Morgan fingerprint density at radius 3 is 2.79 bits per heavy atom. The molecule has 0 saturated carbocycles. The van der Waals surface area contributed by atoms with E-state index in [-0.39, 0.29) is 12.0 Å². The van der Waals surface area contributed by atoms with Crippen LogP contribution in [0.1, 0.15) is 31.7 Å². The van der Waals surface area contributed by atoms with Crippen molar-refractivity contribution < 1.29 is 19.0 Å². The Balaban J connectivity index is 1.87. The van der Waals surface area contributed by atoms with Crippen LogP contribution >= 0.6 is 0 Å². The van der Waals surface area contributed by atoms with E-state index in [9.17, 15) is 4.79 Å². The maximum atomic E-state index is 12.7. The van der Waals surface area contributed by atoms with E-state index in [2.05, 4.69) is 0 Å². The molecule has 1 amide bonds. The second kappa shape index (κ2) is 10.4. The number of ether oxygens (including phenoxy) is 3. The predicted molar refractivity (Wildman–Crippen MR) is 92.7 cm³/mol. The summed E-state index contributed by atoms with van der Waals surface area (Å²) in [6, 6.07) is 9.98. The van der Waals surface area contributed by atoms with Crippen LogP contribution in [0.4, 0.5) is 0 Å². The van der Waals surface area contributed by atoms with Gasteiger partial charge >= 0.3 is 0 Å². The van der Waals surface area contributed by atoms with E-state index in [1.165, 1.54) is 6.42 Å². The SMILES string of the molecule is COCCN(Cc1ccccc1)C(=O)[C@H](C)OC[C@@H]1CCCCO1. The second-order valence-corrected chi connectivity index (χ2v) is 6.20. The number of benzene rings is 1. The molecule has 0 aromatic heterocycles. The van der Waals surface area contributed by atoms with Gasteiger partial charge in [0.1, 0.15) is 6.10 Å². The average molecular weight is 335 g/mol. The Kier molecular flexibility index (Phi) is 8.22. The summed E-state index contributed by atoms with van der Waals surface area (Å²) in [5.41, 5.74) is 1.10. The van der Waals surface area contributed by atoms with Gasteiger partial charge in [0.05, 0.1) is 19.3 Å². The van der Waals surface area contributed by atoms with Gasteiger partial charge in [-0.1, -0.05) is 30.3 Å². The summed E-state index contributed by atoms with van der Waals surface area (Å²) >= 11 is 0. The molecule has 0 aliphatic carbocycles. The molecule has 0 spiro atoms.